The SMILES string of the molecule is Cc1ccccc1CN(C)C(=O)COc1ccc(CCO)cc1-n1nc2ccccc2n1. The van der Waals surface area contributed by atoms with E-state index in [1.54, 1.807) is 18.0 Å². The number of carbonyl (C=O) groups excluding carboxylic acids is 1. The Morgan fingerprint density at radius 1 is 1.03 bits per heavy atom. The summed E-state index contributed by atoms with van der Waals surface area (Å²) in [6, 6.07) is 21.2. The summed E-state index contributed by atoms with van der Waals surface area (Å²) in [5.41, 5.74) is 5.33. The van der Waals surface area contributed by atoms with Gasteiger partial charge >= 0.3 is 0 Å². The monoisotopic (exact) mass is 430 g/mol. The van der Waals surface area contributed by atoms with Gasteiger partial charge in [-0.25, -0.2) is 0 Å². The number of hydrogen-bond acceptors (Lipinski definition) is 5. The number of aromatic nitrogens is 3. The zero-order valence-electron chi connectivity index (χ0n) is 18.2. The number of nitrogens with zero attached hydrogens (tertiary/aromatic N) is 4. The van der Waals surface area contributed by atoms with Crippen molar-refractivity contribution in [3.05, 3.63) is 83.4 Å². The number of ether oxygens (including phenoxy) is 1. The van der Waals surface area contributed by atoms with E-state index in [0.29, 0.717) is 24.4 Å². The van der Waals surface area contributed by atoms with Gasteiger partial charge in [0.1, 0.15) is 22.5 Å². The molecule has 0 saturated heterocycles. The van der Waals surface area contributed by atoms with E-state index in [9.17, 15) is 9.90 Å². The number of aliphatic hydroxyl groups excluding tert-OH is 1. The van der Waals surface area contributed by atoms with Crippen LogP contribution in [-0.4, -0.2) is 51.2 Å². The summed E-state index contributed by atoms with van der Waals surface area (Å²) < 4.78 is 5.92. The predicted octanol–water partition coefficient (Wildman–Crippen LogP) is 3.30. The van der Waals surface area contributed by atoms with E-state index in [1.165, 1.54) is 4.80 Å². The van der Waals surface area contributed by atoms with Gasteiger partial charge < -0.3 is 14.7 Å². The van der Waals surface area contributed by atoms with Crippen molar-refractivity contribution in [1.82, 2.24) is 19.9 Å². The average Bonchev–Trinajstić information content (AvgIpc) is 3.24. The molecule has 0 unspecified atom stereocenters. The lowest BCUT2D eigenvalue weighted by Crippen LogP contribution is -2.31. The zero-order chi connectivity index (χ0) is 22.5. The lowest BCUT2D eigenvalue weighted by Gasteiger charge is -2.19. The number of likely N-dealkylation sites (N-methyl/N-ethyl adjacent to an activating group) is 1. The standard InChI is InChI=1S/C25H26N4O3/c1-18-7-3-4-8-20(18)16-28(2)25(31)17-32-24-12-11-19(13-14-30)15-23(24)29-26-21-9-5-6-10-22(21)27-29/h3-12,15,30H,13-14,16-17H2,1-2H3. The quantitative estimate of drug-likeness (QED) is 0.464. The van der Waals surface area contributed by atoms with Crippen LogP contribution in [0.25, 0.3) is 16.7 Å². The van der Waals surface area contributed by atoms with E-state index in [1.807, 2.05) is 67.6 Å². The first-order valence-electron chi connectivity index (χ1n) is 10.5. The summed E-state index contributed by atoms with van der Waals surface area (Å²) in [6.45, 7) is 2.49. The first-order valence-corrected chi connectivity index (χ1v) is 10.5. The number of benzene rings is 3. The van der Waals surface area contributed by atoms with Gasteiger partial charge in [0.25, 0.3) is 5.91 Å². The molecule has 0 aliphatic rings. The molecule has 0 bridgehead atoms. The van der Waals surface area contributed by atoms with Crippen LogP contribution in [0.4, 0.5) is 0 Å². The molecule has 0 atom stereocenters. The van der Waals surface area contributed by atoms with Crippen molar-refractivity contribution in [3.63, 3.8) is 0 Å². The fourth-order valence-electron chi connectivity index (χ4n) is 3.47. The number of rotatable bonds is 8. The van der Waals surface area contributed by atoms with Gasteiger partial charge in [-0.1, -0.05) is 42.5 Å². The van der Waals surface area contributed by atoms with E-state index >= 15 is 0 Å². The van der Waals surface area contributed by atoms with Crippen LogP contribution < -0.4 is 4.74 Å². The molecule has 32 heavy (non-hydrogen) atoms. The van der Waals surface area contributed by atoms with Gasteiger partial charge in [0.2, 0.25) is 0 Å². The van der Waals surface area contributed by atoms with Crippen LogP contribution in [0, 0.1) is 6.92 Å². The molecule has 3 aromatic carbocycles. The number of aryl methyl sites for hydroxylation is 1. The van der Waals surface area contributed by atoms with Crippen LogP contribution in [0.5, 0.6) is 5.75 Å². The third-order valence-electron chi connectivity index (χ3n) is 5.37. The molecule has 1 aromatic heterocycles. The second kappa shape index (κ2) is 9.62. The molecule has 4 rings (SSSR count). The molecule has 0 aliphatic heterocycles. The maximum atomic E-state index is 12.7. The molecule has 7 heteroatoms. The van der Waals surface area contributed by atoms with Gasteiger partial charge in [-0.15, -0.1) is 15.0 Å². The maximum Gasteiger partial charge on any atom is 0.260 e. The Bertz CT molecular complexity index is 1200. The lowest BCUT2D eigenvalue weighted by molar-refractivity contribution is -0.132. The number of carbonyl (C=O) groups is 1. The Balaban J connectivity index is 1.54. The van der Waals surface area contributed by atoms with Gasteiger partial charge in [0.15, 0.2) is 6.61 Å². The van der Waals surface area contributed by atoms with Crippen LogP contribution in [-0.2, 0) is 17.8 Å². The van der Waals surface area contributed by atoms with Crippen molar-refractivity contribution < 1.29 is 14.6 Å². The summed E-state index contributed by atoms with van der Waals surface area (Å²) in [5, 5.41) is 18.4. The summed E-state index contributed by atoms with van der Waals surface area (Å²) in [4.78, 5) is 15.9. The second-order valence-corrected chi connectivity index (χ2v) is 7.72. The number of fused-ring (bicyclic) bond motifs is 1. The smallest absolute Gasteiger partial charge is 0.260 e. The predicted molar refractivity (Wildman–Crippen MR) is 123 cm³/mol. The van der Waals surface area contributed by atoms with E-state index in [0.717, 1.165) is 27.7 Å². The van der Waals surface area contributed by atoms with Gasteiger partial charge in [-0.3, -0.25) is 4.79 Å². The van der Waals surface area contributed by atoms with Crippen LogP contribution in [0.1, 0.15) is 16.7 Å². The van der Waals surface area contributed by atoms with Crippen molar-refractivity contribution in [2.45, 2.75) is 19.9 Å². The molecule has 4 aromatic rings. The lowest BCUT2D eigenvalue weighted by atomic mass is 10.1. The highest BCUT2D eigenvalue weighted by molar-refractivity contribution is 5.78. The van der Waals surface area contributed by atoms with Gasteiger partial charge in [-0.2, -0.15) is 0 Å². The summed E-state index contributed by atoms with van der Waals surface area (Å²) in [7, 11) is 1.77. The summed E-state index contributed by atoms with van der Waals surface area (Å²) >= 11 is 0. The fraction of sp³-hybridized carbons (Fsp3) is 0.240. The molecule has 1 heterocycles. The van der Waals surface area contributed by atoms with Crippen molar-refractivity contribution >= 4 is 16.9 Å². The van der Waals surface area contributed by atoms with Crippen LogP contribution in [0.3, 0.4) is 0 Å². The van der Waals surface area contributed by atoms with E-state index in [-0.39, 0.29) is 19.1 Å². The third-order valence-corrected chi connectivity index (χ3v) is 5.37. The zero-order valence-corrected chi connectivity index (χ0v) is 18.2. The topological polar surface area (TPSA) is 80.5 Å². The van der Waals surface area contributed by atoms with Crippen molar-refractivity contribution in [2.24, 2.45) is 0 Å². The average molecular weight is 431 g/mol. The van der Waals surface area contributed by atoms with E-state index in [4.69, 9.17) is 4.74 Å². The molecule has 0 fully saturated rings. The highest BCUT2D eigenvalue weighted by atomic mass is 16.5. The largest absolute Gasteiger partial charge is 0.481 e. The normalized spacial score (nSPS) is 11.0. The molecule has 0 aliphatic carbocycles. The Labute approximate surface area is 186 Å². The Hall–Kier alpha value is -3.71. The van der Waals surface area contributed by atoms with Crippen molar-refractivity contribution in [1.29, 1.82) is 0 Å². The minimum Gasteiger partial charge on any atom is -0.481 e. The Morgan fingerprint density at radius 3 is 2.41 bits per heavy atom. The van der Waals surface area contributed by atoms with E-state index in [2.05, 4.69) is 10.2 Å². The molecule has 0 spiro atoms. The summed E-state index contributed by atoms with van der Waals surface area (Å²) in [6.07, 6.45) is 0.506. The molecule has 0 saturated carbocycles. The van der Waals surface area contributed by atoms with Gasteiger partial charge in [0.05, 0.1) is 0 Å². The summed E-state index contributed by atoms with van der Waals surface area (Å²) in [5.74, 6) is 0.377. The van der Waals surface area contributed by atoms with Crippen molar-refractivity contribution in [2.75, 3.05) is 20.3 Å². The highest BCUT2D eigenvalue weighted by Crippen LogP contribution is 2.25. The molecule has 7 nitrogen and oxygen atoms in total. The van der Waals surface area contributed by atoms with Gasteiger partial charge in [-0.05, 0) is 54.3 Å². The highest BCUT2D eigenvalue weighted by Gasteiger charge is 2.15. The number of hydrogen-bond donors (Lipinski definition) is 1. The molecule has 1 N–H and O–H groups in total. The van der Waals surface area contributed by atoms with Crippen molar-refractivity contribution in [3.8, 4) is 11.4 Å². The molecule has 164 valence electrons. The molecule has 1 amide bonds. The molecule has 0 radical (unpaired) electrons. The maximum absolute atomic E-state index is 12.7. The third kappa shape index (κ3) is 4.78. The minimum atomic E-state index is -0.128. The Kier molecular flexibility index (Phi) is 6.47. The second-order valence-electron chi connectivity index (χ2n) is 7.72. The first-order chi connectivity index (χ1) is 15.5. The number of aliphatic hydroxyl groups is 1. The fourth-order valence-corrected chi connectivity index (χ4v) is 3.47. The van der Waals surface area contributed by atoms with Gasteiger partial charge in [0, 0.05) is 20.2 Å². The minimum absolute atomic E-state index is 0.0380. The van der Waals surface area contributed by atoms with Crippen LogP contribution in [0.15, 0.2) is 66.7 Å². The van der Waals surface area contributed by atoms with Crippen LogP contribution in [0.2, 0.25) is 0 Å². The first kappa shape index (κ1) is 21.5. The van der Waals surface area contributed by atoms with E-state index < -0.39 is 0 Å². The van der Waals surface area contributed by atoms with Crippen LogP contribution >= 0.6 is 0 Å². The molecular weight excluding hydrogens is 404 g/mol. The Morgan fingerprint density at radius 2 is 1.72 bits per heavy atom. The number of amides is 1. The molecular formula is C25H26N4O3.